The van der Waals surface area contributed by atoms with Gasteiger partial charge in [0.05, 0.1) is 5.69 Å². The van der Waals surface area contributed by atoms with Gasteiger partial charge in [-0.1, -0.05) is 19.1 Å². The van der Waals surface area contributed by atoms with Gasteiger partial charge >= 0.3 is 0 Å². The van der Waals surface area contributed by atoms with Crippen LogP contribution in [-0.4, -0.2) is 30.3 Å². The third kappa shape index (κ3) is 4.25. The topological polar surface area (TPSA) is 84.6 Å². The number of nitrogens with one attached hydrogen (secondary N) is 1. The fourth-order valence-electron chi connectivity index (χ4n) is 1.35. The molecule has 0 bridgehead atoms. The molecule has 1 aromatic rings. The lowest BCUT2D eigenvalue weighted by Gasteiger charge is -2.19. The summed E-state index contributed by atoms with van der Waals surface area (Å²) in [4.78, 5) is 11.6. The van der Waals surface area contributed by atoms with E-state index in [9.17, 15) is 4.79 Å². The second-order valence-corrected chi connectivity index (χ2v) is 4.34. The molecule has 0 spiro atoms. The molecular formula is C13H20N2O3. The lowest BCUT2D eigenvalue weighted by Crippen LogP contribution is -2.40. The van der Waals surface area contributed by atoms with E-state index in [1.54, 1.807) is 24.3 Å². The number of carbonyl (C=O) groups excluding carboxylic acids is 1. The SMILES string of the molecule is CC(CO)C(C)NC(=O)COc1ccccc1N. The Kier molecular flexibility index (Phi) is 5.45. The minimum absolute atomic E-state index is 0.00995. The number of benzene rings is 1. The largest absolute Gasteiger partial charge is 0.482 e. The van der Waals surface area contributed by atoms with Crippen molar-refractivity contribution in [3.05, 3.63) is 24.3 Å². The van der Waals surface area contributed by atoms with Crippen molar-refractivity contribution < 1.29 is 14.6 Å². The molecule has 1 aromatic carbocycles. The quantitative estimate of drug-likeness (QED) is 0.653. The highest BCUT2D eigenvalue weighted by atomic mass is 16.5. The lowest BCUT2D eigenvalue weighted by molar-refractivity contribution is -0.124. The van der Waals surface area contributed by atoms with Crippen molar-refractivity contribution in [1.29, 1.82) is 0 Å². The van der Waals surface area contributed by atoms with Crippen molar-refractivity contribution in [2.45, 2.75) is 19.9 Å². The number of aliphatic hydroxyl groups is 1. The van der Waals surface area contributed by atoms with Crippen molar-refractivity contribution in [2.24, 2.45) is 5.92 Å². The molecule has 0 aliphatic carbocycles. The molecule has 100 valence electrons. The smallest absolute Gasteiger partial charge is 0.258 e. The predicted molar refractivity (Wildman–Crippen MR) is 70.2 cm³/mol. The first-order chi connectivity index (χ1) is 8.54. The number of rotatable bonds is 6. The zero-order valence-electron chi connectivity index (χ0n) is 10.7. The number of amides is 1. The highest BCUT2D eigenvalue weighted by Crippen LogP contribution is 2.19. The molecule has 0 fully saturated rings. The van der Waals surface area contributed by atoms with Crippen LogP contribution in [0.4, 0.5) is 5.69 Å². The van der Waals surface area contributed by atoms with E-state index < -0.39 is 0 Å². The summed E-state index contributed by atoms with van der Waals surface area (Å²) < 4.78 is 5.31. The van der Waals surface area contributed by atoms with E-state index in [1.807, 2.05) is 13.8 Å². The van der Waals surface area contributed by atoms with Gasteiger partial charge in [-0.3, -0.25) is 4.79 Å². The number of hydrogen-bond donors (Lipinski definition) is 3. The Morgan fingerprint density at radius 1 is 1.44 bits per heavy atom. The summed E-state index contributed by atoms with van der Waals surface area (Å²) in [6, 6.07) is 6.92. The third-order valence-electron chi connectivity index (χ3n) is 2.81. The molecule has 1 amide bonds. The molecule has 0 saturated carbocycles. The Morgan fingerprint density at radius 2 is 2.11 bits per heavy atom. The maximum absolute atomic E-state index is 11.6. The van der Waals surface area contributed by atoms with Crippen molar-refractivity contribution in [3.8, 4) is 5.75 Å². The predicted octanol–water partition coefficient (Wildman–Crippen LogP) is 0.781. The number of carbonyl (C=O) groups is 1. The zero-order chi connectivity index (χ0) is 13.5. The Bertz CT molecular complexity index is 396. The van der Waals surface area contributed by atoms with Crippen LogP contribution in [0.1, 0.15) is 13.8 Å². The Morgan fingerprint density at radius 3 is 2.72 bits per heavy atom. The van der Waals surface area contributed by atoms with Gasteiger partial charge in [0.25, 0.3) is 5.91 Å². The van der Waals surface area contributed by atoms with Crippen LogP contribution in [0, 0.1) is 5.92 Å². The summed E-state index contributed by atoms with van der Waals surface area (Å²) in [5.41, 5.74) is 6.19. The fraction of sp³-hybridized carbons (Fsp3) is 0.462. The van der Waals surface area contributed by atoms with Crippen molar-refractivity contribution in [1.82, 2.24) is 5.32 Å². The molecule has 5 nitrogen and oxygen atoms in total. The van der Waals surface area contributed by atoms with Gasteiger partial charge < -0.3 is 20.9 Å². The van der Waals surface area contributed by atoms with Crippen molar-refractivity contribution in [3.63, 3.8) is 0 Å². The maximum atomic E-state index is 11.6. The van der Waals surface area contributed by atoms with Crippen LogP contribution < -0.4 is 15.8 Å². The number of aliphatic hydroxyl groups excluding tert-OH is 1. The third-order valence-corrected chi connectivity index (χ3v) is 2.81. The molecule has 2 atom stereocenters. The molecule has 18 heavy (non-hydrogen) atoms. The molecular weight excluding hydrogens is 232 g/mol. The molecule has 0 aromatic heterocycles. The van der Waals surface area contributed by atoms with Crippen LogP contribution in [0.15, 0.2) is 24.3 Å². The van der Waals surface area contributed by atoms with Gasteiger partial charge in [-0.05, 0) is 25.0 Å². The highest BCUT2D eigenvalue weighted by molar-refractivity contribution is 5.78. The van der Waals surface area contributed by atoms with Gasteiger partial charge in [-0.15, -0.1) is 0 Å². The van der Waals surface area contributed by atoms with E-state index in [0.717, 1.165) is 0 Å². The summed E-state index contributed by atoms with van der Waals surface area (Å²) in [5.74, 6) is 0.275. The number of nitrogens with two attached hydrogens (primary N) is 1. The van der Waals surface area contributed by atoms with Gasteiger partial charge in [0.2, 0.25) is 0 Å². The molecule has 2 unspecified atom stereocenters. The number of hydrogen-bond acceptors (Lipinski definition) is 4. The van der Waals surface area contributed by atoms with Crippen LogP contribution in [0.25, 0.3) is 0 Å². The van der Waals surface area contributed by atoms with E-state index in [-0.39, 0.29) is 31.1 Å². The number of nitrogen functional groups attached to an aromatic ring is 1. The molecule has 0 saturated heterocycles. The Balaban J connectivity index is 2.40. The number of para-hydroxylation sites is 2. The van der Waals surface area contributed by atoms with E-state index in [0.29, 0.717) is 11.4 Å². The molecule has 1 rings (SSSR count). The van der Waals surface area contributed by atoms with Crippen LogP contribution in [0.5, 0.6) is 5.75 Å². The summed E-state index contributed by atoms with van der Waals surface area (Å²) in [6.07, 6.45) is 0. The molecule has 0 radical (unpaired) electrons. The number of ether oxygens (including phenoxy) is 1. The van der Waals surface area contributed by atoms with Crippen LogP contribution in [0.2, 0.25) is 0 Å². The van der Waals surface area contributed by atoms with Crippen LogP contribution in [-0.2, 0) is 4.79 Å². The minimum Gasteiger partial charge on any atom is -0.482 e. The molecule has 4 N–H and O–H groups in total. The second kappa shape index (κ2) is 6.86. The van der Waals surface area contributed by atoms with Gasteiger partial charge in [0.1, 0.15) is 5.75 Å². The van der Waals surface area contributed by atoms with Crippen molar-refractivity contribution >= 4 is 11.6 Å². The lowest BCUT2D eigenvalue weighted by atomic mass is 10.1. The first kappa shape index (κ1) is 14.3. The zero-order valence-corrected chi connectivity index (χ0v) is 10.7. The average Bonchev–Trinajstić information content (AvgIpc) is 2.36. The van der Waals surface area contributed by atoms with Gasteiger partial charge in [0, 0.05) is 12.6 Å². The average molecular weight is 252 g/mol. The molecule has 5 heteroatoms. The summed E-state index contributed by atoms with van der Waals surface area (Å²) in [6.45, 7) is 3.65. The van der Waals surface area contributed by atoms with Crippen LogP contribution in [0.3, 0.4) is 0 Å². The first-order valence-corrected chi connectivity index (χ1v) is 5.92. The first-order valence-electron chi connectivity index (χ1n) is 5.92. The molecule has 0 aliphatic heterocycles. The van der Waals surface area contributed by atoms with Gasteiger partial charge in [0.15, 0.2) is 6.61 Å². The van der Waals surface area contributed by atoms with Crippen molar-refractivity contribution in [2.75, 3.05) is 18.9 Å². The van der Waals surface area contributed by atoms with Crippen LogP contribution >= 0.6 is 0 Å². The van der Waals surface area contributed by atoms with E-state index >= 15 is 0 Å². The minimum atomic E-state index is -0.231. The number of anilines is 1. The molecule has 0 aliphatic rings. The summed E-state index contributed by atoms with van der Waals surface area (Å²) in [7, 11) is 0. The Hall–Kier alpha value is -1.75. The normalized spacial score (nSPS) is 13.7. The second-order valence-electron chi connectivity index (χ2n) is 4.34. The highest BCUT2D eigenvalue weighted by Gasteiger charge is 2.14. The summed E-state index contributed by atoms with van der Waals surface area (Å²) in [5, 5.41) is 11.7. The van der Waals surface area contributed by atoms with Gasteiger partial charge in [-0.25, -0.2) is 0 Å². The van der Waals surface area contributed by atoms with Gasteiger partial charge in [-0.2, -0.15) is 0 Å². The maximum Gasteiger partial charge on any atom is 0.258 e. The molecule has 0 heterocycles. The van der Waals surface area contributed by atoms with E-state index in [2.05, 4.69) is 5.32 Å². The summed E-state index contributed by atoms with van der Waals surface area (Å²) >= 11 is 0. The fourth-order valence-corrected chi connectivity index (χ4v) is 1.35. The van der Waals surface area contributed by atoms with E-state index in [1.165, 1.54) is 0 Å². The Labute approximate surface area is 107 Å². The van der Waals surface area contributed by atoms with E-state index in [4.69, 9.17) is 15.6 Å². The monoisotopic (exact) mass is 252 g/mol. The standard InChI is InChI=1S/C13H20N2O3/c1-9(7-16)10(2)15-13(17)8-18-12-6-4-3-5-11(12)14/h3-6,9-10,16H,7-8,14H2,1-2H3,(H,15,17).